The molecule has 21 heavy (non-hydrogen) atoms. The summed E-state index contributed by atoms with van der Waals surface area (Å²) in [5.41, 5.74) is 8.57. The minimum absolute atomic E-state index is 0.206. The normalized spacial score (nSPS) is 10.2. The van der Waals surface area contributed by atoms with Gasteiger partial charge in [-0.2, -0.15) is 0 Å². The summed E-state index contributed by atoms with van der Waals surface area (Å²) in [4.78, 5) is 16.1. The van der Waals surface area contributed by atoms with Crippen molar-refractivity contribution < 1.29 is 9.53 Å². The van der Waals surface area contributed by atoms with Crippen LogP contribution in [-0.2, 0) is 6.42 Å². The number of amides is 1. The van der Waals surface area contributed by atoms with Crippen molar-refractivity contribution in [3.8, 4) is 5.75 Å². The molecule has 1 aromatic heterocycles. The summed E-state index contributed by atoms with van der Waals surface area (Å²) < 4.78 is 5.17. The van der Waals surface area contributed by atoms with E-state index in [4.69, 9.17) is 10.5 Å². The fourth-order valence-electron chi connectivity index (χ4n) is 2.01. The van der Waals surface area contributed by atoms with Crippen LogP contribution < -0.4 is 15.8 Å². The lowest BCUT2D eigenvalue weighted by atomic mass is 10.1. The molecule has 1 amide bonds. The van der Waals surface area contributed by atoms with Crippen LogP contribution in [0.5, 0.6) is 5.75 Å². The lowest BCUT2D eigenvalue weighted by Gasteiger charge is -2.08. The first-order chi connectivity index (χ1) is 10.1. The van der Waals surface area contributed by atoms with Gasteiger partial charge < -0.3 is 15.8 Å². The predicted molar refractivity (Wildman–Crippen MR) is 82.4 cm³/mol. The first kappa shape index (κ1) is 14.8. The number of nitrogens with two attached hydrogens (primary N) is 1. The molecular weight excluding hydrogens is 266 g/mol. The van der Waals surface area contributed by atoms with E-state index in [2.05, 4.69) is 10.3 Å². The van der Waals surface area contributed by atoms with Gasteiger partial charge in [-0.1, -0.05) is 12.1 Å². The molecule has 0 bridgehead atoms. The van der Waals surface area contributed by atoms with Crippen LogP contribution in [0.1, 0.15) is 21.6 Å². The lowest BCUT2D eigenvalue weighted by Crippen LogP contribution is -2.26. The van der Waals surface area contributed by atoms with Crippen LogP contribution in [0.4, 0.5) is 5.69 Å². The van der Waals surface area contributed by atoms with Crippen molar-refractivity contribution >= 4 is 11.6 Å². The van der Waals surface area contributed by atoms with Crippen molar-refractivity contribution in [3.05, 3.63) is 53.3 Å². The number of methoxy groups -OCH3 is 1. The molecule has 2 rings (SSSR count). The third-order valence-electron chi connectivity index (χ3n) is 3.15. The van der Waals surface area contributed by atoms with Gasteiger partial charge in [0.2, 0.25) is 0 Å². The van der Waals surface area contributed by atoms with Crippen LogP contribution in [0.2, 0.25) is 0 Å². The second kappa shape index (κ2) is 6.74. The van der Waals surface area contributed by atoms with Crippen molar-refractivity contribution in [2.75, 3.05) is 19.4 Å². The Labute approximate surface area is 124 Å². The van der Waals surface area contributed by atoms with Gasteiger partial charge in [-0.25, -0.2) is 0 Å². The SMILES string of the molecule is COc1cccc(CCNC(=O)c2cnc(C)cc2N)c1. The van der Waals surface area contributed by atoms with Gasteiger partial charge >= 0.3 is 0 Å². The standard InChI is InChI=1S/C16H19N3O2/c1-11-8-15(17)14(10-19-11)16(20)18-7-6-12-4-3-5-13(9-12)21-2/h3-5,8-10H,6-7H2,1-2H3,(H2,17,19)(H,18,20). The number of carbonyl (C=O) groups excluding carboxylic acids is 1. The highest BCUT2D eigenvalue weighted by Crippen LogP contribution is 2.13. The number of nitrogens with one attached hydrogen (secondary N) is 1. The van der Waals surface area contributed by atoms with E-state index in [1.54, 1.807) is 13.2 Å². The molecule has 0 unspecified atom stereocenters. The Morgan fingerprint density at radius 1 is 1.38 bits per heavy atom. The number of carbonyl (C=O) groups is 1. The molecule has 0 aliphatic rings. The number of nitrogens with zero attached hydrogens (tertiary/aromatic N) is 1. The van der Waals surface area contributed by atoms with Gasteiger partial charge in [0.05, 0.1) is 12.7 Å². The van der Waals surface area contributed by atoms with Crippen molar-refractivity contribution in [2.24, 2.45) is 0 Å². The van der Waals surface area contributed by atoms with E-state index >= 15 is 0 Å². The number of aryl methyl sites for hydroxylation is 1. The third-order valence-corrected chi connectivity index (χ3v) is 3.15. The molecule has 5 nitrogen and oxygen atoms in total. The average Bonchev–Trinajstić information content (AvgIpc) is 2.47. The van der Waals surface area contributed by atoms with Crippen LogP contribution >= 0.6 is 0 Å². The number of hydrogen-bond donors (Lipinski definition) is 2. The number of pyridine rings is 1. The maximum absolute atomic E-state index is 12.0. The Balaban J connectivity index is 1.92. The van der Waals surface area contributed by atoms with Crippen LogP contribution in [0.3, 0.4) is 0 Å². The van der Waals surface area contributed by atoms with E-state index in [9.17, 15) is 4.79 Å². The minimum Gasteiger partial charge on any atom is -0.497 e. The summed E-state index contributed by atoms with van der Waals surface area (Å²) in [6.07, 6.45) is 2.23. The van der Waals surface area contributed by atoms with Gasteiger partial charge in [0.1, 0.15) is 5.75 Å². The van der Waals surface area contributed by atoms with E-state index in [1.807, 2.05) is 31.2 Å². The molecule has 1 heterocycles. The molecule has 0 saturated heterocycles. The summed E-state index contributed by atoms with van der Waals surface area (Å²) in [6.45, 7) is 2.36. The first-order valence-corrected chi connectivity index (χ1v) is 6.73. The number of hydrogen-bond acceptors (Lipinski definition) is 4. The molecule has 2 aromatic rings. The Morgan fingerprint density at radius 3 is 2.90 bits per heavy atom. The van der Waals surface area contributed by atoms with E-state index < -0.39 is 0 Å². The zero-order valence-corrected chi connectivity index (χ0v) is 12.2. The van der Waals surface area contributed by atoms with E-state index in [-0.39, 0.29) is 5.91 Å². The number of nitrogen functional groups attached to an aromatic ring is 1. The largest absolute Gasteiger partial charge is 0.497 e. The fourth-order valence-corrected chi connectivity index (χ4v) is 2.01. The Bertz CT molecular complexity index is 641. The van der Waals surface area contributed by atoms with Crippen molar-refractivity contribution in [1.82, 2.24) is 10.3 Å². The molecule has 0 saturated carbocycles. The monoisotopic (exact) mass is 285 g/mol. The predicted octanol–water partition coefficient (Wildman–Crippen LogP) is 1.95. The van der Waals surface area contributed by atoms with Crippen molar-refractivity contribution in [1.29, 1.82) is 0 Å². The molecule has 1 aromatic carbocycles. The van der Waals surface area contributed by atoms with Gasteiger partial charge in [-0.05, 0) is 37.1 Å². The van der Waals surface area contributed by atoms with Gasteiger partial charge in [0.15, 0.2) is 0 Å². The second-order valence-corrected chi connectivity index (χ2v) is 4.77. The van der Waals surface area contributed by atoms with Crippen LogP contribution in [0.25, 0.3) is 0 Å². The van der Waals surface area contributed by atoms with Crippen molar-refractivity contribution in [3.63, 3.8) is 0 Å². The topological polar surface area (TPSA) is 77.2 Å². The maximum Gasteiger partial charge on any atom is 0.254 e. The molecule has 110 valence electrons. The van der Waals surface area contributed by atoms with Crippen molar-refractivity contribution in [2.45, 2.75) is 13.3 Å². The number of ether oxygens (including phenoxy) is 1. The smallest absolute Gasteiger partial charge is 0.254 e. The minimum atomic E-state index is -0.206. The van der Waals surface area contributed by atoms with E-state index in [0.717, 1.165) is 23.4 Å². The fraction of sp³-hybridized carbons (Fsp3) is 0.250. The summed E-state index contributed by atoms with van der Waals surface area (Å²) in [7, 11) is 1.63. The Kier molecular flexibility index (Phi) is 4.77. The van der Waals surface area contributed by atoms with Gasteiger partial charge in [-0.15, -0.1) is 0 Å². The number of rotatable bonds is 5. The first-order valence-electron chi connectivity index (χ1n) is 6.73. The van der Waals surface area contributed by atoms with Gasteiger partial charge in [0, 0.05) is 24.1 Å². The molecule has 3 N–H and O–H groups in total. The molecule has 0 atom stereocenters. The second-order valence-electron chi connectivity index (χ2n) is 4.77. The highest BCUT2D eigenvalue weighted by Gasteiger charge is 2.09. The third kappa shape index (κ3) is 3.95. The highest BCUT2D eigenvalue weighted by atomic mass is 16.5. The summed E-state index contributed by atoms with van der Waals surface area (Å²) >= 11 is 0. The van der Waals surface area contributed by atoms with Gasteiger partial charge in [0.25, 0.3) is 5.91 Å². The Hall–Kier alpha value is -2.56. The zero-order chi connectivity index (χ0) is 15.2. The molecule has 0 aliphatic carbocycles. The average molecular weight is 285 g/mol. The number of anilines is 1. The molecule has 0 radical (unpaired) electrons. The number of aromatic nitrogens is 1. The van der Waals surface area contributed by atoms with E-state index in [1.165, 1.54) is 6.20 Å². The molecule has 0 aliphatic heterocycles. The van der Waals surface area contributed by atoms with Crippen LogP contribution in [0.15, 0.2) is 36.5 Å². The highest BCUT2D eigenvalue weighted by molar-refractivity contribution is 5.98. The van der Waals surface area contributed by atoms with E-state index in [0.29, 0.717) is 17.8 Å². The van der Waals surface area contributed by atoms with Crippen LogP contribution in [0, 0.1) is 6.92 Å². The van der Waals surface area contributed by atoms with Crippen LogP contribution in [-0.4, -0.2) is 24.5 Å². The van der Waals surface area contributed by atoms with Gasteiger partial charge in [-0.3, -0.25) is 9.78 Å². The number of benzene rings is 1. The molecule has 0 spiro atoms. The maximum atomic E-state index is 12.0. The zero-order valence-electron chi connectivity index (χ0n) is 12.2. The summed E-state index contributed by atoms with van der Waals surface area (Å²) in [6, 6.07) is 9.46. The summed E-state index contributed by atoms with van der Waals surface area (Å²) in [5, 5.41) is 2.85. The Morgan fingerprint density at radius 2 is 2.19 bits per heavy atom. The summed E-state index contributed by atoms with van der Waals surface area (Å²) in [5.74, 6) is 0.605. The molecular formula is C16H19N3O2. The quantitative estimate of drug-likeness (QED) is 0.880. The molecule has 0 fully saturated rings. The molecule has 5 heteroatoms. The lowest BCUT2D eigenvalue weighted by molar-refractivity contribution is 0.0954.